The predicted octanol–water partition coefficient (Wildman–Crippen LogP) is 0.554. The van der Waals surface area contributed by atoms with Crippen LogP contribution in [0.2, 0.25) is 0 Å². The van der Waals surface area contributed by atoms with Crippen molar-refractivity contribution >= 4 is 11.9 Å². The third kappa shape index (κ3) is 2.80. The first kappa shape index (κ1) is 12.2. The van der Waals surface area contributed by atoms with Crippen LogP contribution in [0.1, 0.15) is 28.9 Å². The second-order valence-corrected chi connectivity index (χ2v) is 3.23. The van der Waals surface area contributed by atoms with Crippen molar-refractivity contribution in [1.82, 2.24) is 5.32 Å². The number of carboxylic acids is 1. The van der Waals surface area contributed by atoms with E-state index in [0.717, 1.165) is 0 Å². The van der Waals surface area contributed by atoms with Crippen LogP contribution in [0.4, 0.5) is 0 Å². The number of aliphatic hydroxyl groups excluding tert-OH is 1. The number of aliphatic carboxylic acids is 1. The van der Waals surface area contributed by atoms with E-state index in [-0.39, 0.29) is 11.5 Å². The molecule has 0 aliphatic heterocycles. The van der Waals surface area contributed by atoms with Crippen LogP contribution in [-0.4, -0.2) is 28.6 Å². The molecule has 1 unspecified atom stereocenters. The summed E-state index contributed by atoms with van der Waals surface area (Å²) in [5.74, 6) is -1.63. The van der Waals surface area contributed by atoms with Crippen LogP contribution in [0.5, 0.6) is 0 Å². The second kappa shape index (κ2) is 5.27. The summed E-state index contributed by atoms with van der Waals surface area (Å²) < 4.78 is 0. The monoisotopic (exact) mass is 223 g/mol. The highest BCUT2D eigenvalue weighted by molar-refractivity contribution is 5.94. The Labute approximate surface area is 92.7 Å². The summed E-state index contributed by atoms with van der Waals surface area (Å²) in [5.41, 5.74) is 0.524. The number of hydrogen-bond donors (Lipinski definition) is 3. The Balaban J connectivity index is 2.95. The van der Waals surface area contributed by atoms with Gasteiger partial charge in [0.05, 0.1) is 0 Å². The Hall–Kier alpha value is -1.88. The Kier molecular flexibility index (Phi) is 4.02. The van der Waals surface area contributed by atoms with Gasteiger partial charge in [0.25, 0.3) is 5.91 Å². The molecule has 0 aliphatic carbocycles. The van der Waals surface area contributed by atoms with E-state index < -0.39 is 12.1 Å². The molecule has 0 spiro atoms. The van der Waals surface area contributed by atoms with E-state index in [1.165, 1.54) is 18.2 Å². The number of carbonyl (C=O) groups is 2. The number of amides is 1. The number of hydrogen-bond acceptors (Lipinski definition) is 3. The molecule has 1 rings (SSSR count). The molecule has 0 saturated carbocycles. The SMILES string of the molecule is CCNC(=O)c1cccc(C(O)C(=O)O)c1. The summed E-state index contributed by atoms with van der Waals surface area (Å²) in [6, 6.07) is 5.92. The zero-order valence-electron chi connectivity index (χ0n) is 8.80. The van der Waals surface area contributed by atoms with Gasteiger partial charge in [-0.2, -0.15) is 0 Å². The maximum atomic E-state index is 11.4. The van der Waals surface area contributed by atoms with E-state index in [9.17, 15) is 14.7 Å². The molecule has 0 radical (unpaired) electrons. The van der Waals surface area contributed by atoms with Crippen molar-refractivity contribution in [1.29, 1.82) is 0 Å². The number of carbonyl (C=O) groups excluding carboxylic acids is 1. The molecule has 1 amide bonds. The molecule has 0 saturated heterocycles. The zero-order valence-corrected chi connectivity index (χ0v) is 8.80. The summed E-state index contributed by atoms with van der Waals surface area (Å²) in [6.07, 6.45) is -1.60. The van der Waals surface area contributed by atoms with Gasteiger partial charge >= 0.3 is 5.97 Å². The van der Waals surface area contributed by atoms with Gasteiger partial charge in [-0.25, -0.2) is 4.79 Å². The zero-order chi connectivity index (χ0) is 12.1. The molecule has 3 N–H and O–H groups in total. The molecule has 0 aliphatic rings. The number of rotatable bonds is 4. The fourth-order valence-electron chi connectivity index (χ4n) is 1.26. The lowest BCUT2D eigenvalue weighted by atomic mass is 10.1. The van der Waals surface area contributed by atoms with Crippen molar-refractivity contribution in [2.24, 2.45) is 0 Å². The molecule has 86 valence electrons. The molecule has 16 heavy (non-hydrogen) atoms. The molecular weight excluding hydrogens is 210 g/mol. The second-order valence-electron chi connectivity index (χ2n) is 3.23. The number of benzene rings is 1. The minimum Gasteiger partial charge on any atom is -0.479 e. The van der Waals surface area contributed by atoms with Crippen LogP contribution in [0, 0.1) is 0 Å². The van der Waals surface area contributed by atoms with Gasteiger partial charge in [0, 0.05) is 12.1 Å². The van der Waals surface area contributed by atoms with E-state index >= 15 is 0 Å². The van der Waals surface area contributed by atoms with E-state index in [0.29, 0.717) is 12.1 Å². The minimum atomic E-state index is -1.60. The molecular formula is C11H13NO4. The number of aliphatic hydroxyl groups is 1. The summed E-state index contributed by atoms with van der Waals surface area (Å²) in [7, 11) is 0. The topological polar surface area (TPSA) is 86.6 Å². The van der Waals surface area contributed by atoms with Crippen molar-refractivity contribution in [2.75, 3.05) is 6.54 Å². The van der Waals surface area contributed by atoms with E-state index in [1.54, 1.807) is 13.0 Å². The van der Waals surface area contributed by atoms with Crippen LogP contribution < -0.4 is 5.32 Å². The van der Waals surface area contributed by atoms with Gasteiger partial charge < -0.3 is 15.5 Å². The van der Waals surface area contributed by atoms with Crippen LogP contribution in [-0.2, 0) is 4.79 Å². The lowest BCUT2D eigenvalue weighted by molar-refractivity contribution is -0.146. The first-order valence-corrected chi connectivity index (χ1v) is 4.85. The molecule has 0 heterocycles. The lowest BCUT2D eigenvalue weighted by Gasteiger charge is -2.07. The highest BCUT2D eigenvalue weighted by Crippen LogP contribution is 2.14. The van der Waals surface area contributed by atoms with Crippen molar-refractivity contribution in [3.8, 4) is 0 Å². The Bertz CT molecular complexity index is 403. The van der Waals surface area contributed by atoms with Gasteiger partial charge in [-0.3, -0.25) is 4.79 Å². The summed E-state index contributed by atoms with van der Waals surface area (Å²) in [6.45, 7) is 2.28. The fourth-order valence-corrected chi connectivity index (χ4v) is 1.26. The van der Waals surface area contributed by atoms with Crippen LogP contribution in [0.3, 0.4) is 0 Å². The standard InChI is InChI=1S/C11H13NO4/c1-2-12-10(14)8-5-3-4-7(6-8)9(13)11(15)16/h3-6,9,13H,2H2,1H3,(H,12,14)(H,15,16). The largest absolute Gasteiger partial charge is 0.479 e. The molecule has 5 heteroatoms. The summed E-state index contributed by atoms with van der Waals surface area (Å²) >= 11 is 0. The van der Waals surface area contributed by atoms with Gasteiger partial charge in [0.15, 0.2) is 6.10 Å². The number of nitrogens with one attached hydrogen (secondary N) is 1. The Morgan fingerprint density at radius 2 is 2.12 bits per heavy atom. The van der Waals surface area contributed by atoms with Crippen LogP contribution in [0.15, 0.2) is 24.3 Å². The van der Waals surface area contributed by atoms with Crippen molar-refractivity contribution in [2.45, 2.75) is 13.0 Å². The first-order chi connectivity index (χ1) is 7.56. The molecule has 5 nitrogen and oxygen atoms in total. The molecule has 0 aromatic heterocycles. The third-order valence-corrected chi connectivity index (χ3v) is 2.04. The average Bonchev–Trinajstić information content (AvgIpc) is 2.28. The van der Waals surface area contributed by atoms with Gasteiger partial charge in [0.2, 0.25) is 0 Å². The minimum absolute atomic E-state index is 0.191. The van der Waals surface area contributed by atoms with Gasteiger partial charge in [0.1, 0.15) is 0 Å². The van der Waals surface area contributed by atoms with Gasteiger partial charge in [-0.05, 0) is 24.6 Å². The molecule has 1 atom stereocenters. The molecule has 1 aromatic carbocycles. The molecule has 1 aromatic rings. The maximum Gasteiger partial charge on any atom is 0.337 e. The average molecular weight is 223 g/mol. The maximum absolute atomic E-state index is 11.4. The summed E-state index contributed by atoms with van der Waals surface area (Å²) in [5, 5.41) is 20.5. The Morgan fingerprint density at radius 1 is 1.44 bits per heavy atom. The van der Waals surface area contributed by atoms with Crippen molar-refractivity contribution in [3.63, 3.8) is 0 Å². The molecule has 0 bridgehead atoms. The predicted molar refractivity (Wildman–Crippen MR) is 57.0 cm³/mol. The third-order valence-electron chi connectivity index (χ3n) is 2.04. The highest BCUT2D eigenvalue weighted by atomic mass is 16.4. The first-order valence-electron chi connectivity index (χ1n) is 4.85. The quantitative estimate of drug-likeness (QED) is 0.695. The smallest absolute Gasteiger partial charge is 0.337 e. The van der Waals surface area contributed by atoms with Crippen LogP contribution >= 0.6 is 0 Å². The van der Waals surface area contributed by atoms with E-state index in [4.69, 9.17) is 5.11 Å². The fraction of sp³-hybridized carbons (Fsp3) is 0.273. The molecule has 0 fully saturated rings. The van der Waals surface area contributed by atoms with Crippen LogP contribution in [0.25, 0.3) is 0 Å². The van der Waals surface area contributed by atoms with Crippen molar-refractivity contribution in [3.05, 3.63) is 35.4 Å². The number of carboxylic acid groups (broad SMARTS) is 1. The van der Waals surface area contributed by atoms with Gasteiger partial charge in [-0.1, -0.05) is 12.1 Å². The summed E-state index contributed by atoms with van der Waals surface area (Å²) in [4.78, 5) is 22.0. The van der Waals surface area contributed by atoms with E-state index in [2.05, 4.69) is 5.32 Å². The highest BCUT2D eigenvalue weighted by Gasteiger charge is 2.16. The lowest BCUT2D eigenvalue weighted by Crippen LogP contribution is -2.23. The van der Waals surface area contributed by atoms with E-state index in [1.807, 2.05) is 0 Å². The normalized spacial score (nSPS) is 11.9. The van der Waals surface area contributed by atoms with Gasteiger partial charge in [-0.15, -0.1) is 0 Å². The Morgan fingerprint density at radius 3 is 2.69 bits per heavy atom. The van der Waals surface area contributed by atoms with Crippen molar-refractivity contribution < 1.29 is 19.8 Å².